The van der Waals surface area contributed by atoms with E-state index < -0.39 is 0 Å². The molecule has 2 N–H and O–H groups in total. The van der Waals surface area contributed by atoms with Crippen molar-refractivity contribution in [1.82, 2.24) is 10.2 Å². The van der Waals surface area contributed by atoms with Crippen LogP contribution in [0.1, 0.15) is 55.8 Å². The highest BCUT2D eigenvalue weighted by atomic mass is 35.5. The number of halogens is 1. The first-order valence-electron chi connectivity index (χ1n) is 10.1. The van der Waals surface area contributed by atoms with E-state index in [9.17, 15) is 9.90 Å². The summed E-state index contributed by atoms with van der Waals surface area (Å²) >= 11 is 8.19. The van der Waals surface area contributed by atoms with Gasteiger partial charge >= 0.3 is 0 Å². The Morgan fingerprint density at radius 3 is 2.74 bits per heavy atom. The minimum Gasteiger partial charge on any atom is -0.508 e. The Morgan fingerprint density at radius 2 is 2.07 bits per heavy atom. The third-order valence-corrected chi connectivity index (χ3v) is 7.56. The Labute approximate surface area is 172 Å². The van der Waals surface area contributed by atoms with Gasteiger partial charge in [-0.25, -0.2) is 0 Å². The van der Waals surface area contributed by atoms with E-state index in [4.69, 9.17) is 11.6 Å². The molecule has 2 aliphatic rings. The Morgan fingerprint density at radius 1 is 1.33 bits per heavy atom. The maximum absolute atomic E-state index is 12.6. The van der Waals surface area contributed by atoms with Crippen molar-refractivity contribution in [3.63, 3.8) is 0 Å². The van der Waals surface area contributed by atoms with Crippen LogP contribution in [-0.2, 0) is 0 Å². The highest BCUT2D eigenvalue weighted by Gasteiger charge is 2.48. The zero-order valence-corrected chi connectivity index (χ0v) is 17.7. The molecule has 150 valence electrons. The number of piperidine rings is 1. The van der Waals surface area contributed by atoms with Gasteiger partial charge < -0.3 is 10.4 Å². The second-order valence-corrected chi connectivity index (χ2v) is 9.53. The number of thioether (sulfide) groups is 1. The van der Waals surface area contributed by atoms with Gasteiger partial charge in [-0.05, 0) is 80.8 Å². The lowest BCUT2D eigenvalue weighted by atomic mass is 9.67. The summed E-state index contributed by atoms with van der Waals surface area (Å²) in [5.74, 6) is 3.16. The predicted molar refractivity (Wildman–Crippen MR) is 114 cm³/mol. The van der Waals surface area contributed by atoms with E-state index in [1.807, 2.05) is 0 Å². The molecule has 1 aliphatic heterocycles. The standard InChI is InChI=1S/C21H31ClN2O2S/c1-2-10-27-14-16-12-21(13-16,24-8-4-3-5-9-24)15-23-20(26)18-7-6-17(25)11-19(18)22/h6-7,11,16,25H,2-5,8-10,12-15H2,1H3,(H,23,26). The fourth-order valence-electron chi connectivity index (χ4n) is 4.44. The normalized spacial score (nSPS) is 25.8. The van der Waals surface area contributed by atoms with Crippen LogP contribution in [0, 0.1) is 5.92 Å². The molecule has 1 saturated heterocycles. The molecule has 0 bridgehead atoms. The Kier molecular flexibility index (Phi) is 7.35. The van der Waals surface area contributed by atoms with Crippen LogP contribution < -0.4 is 5.32 Å². The molecule has 4 nitrogen and oxygen atoms in total. The number of hydrogen-bond donors (Lipinski definition) is 2. The molecule has 1 heterocycles. The van der Waals surface area contributed by atoms with Crippen molar-refractivity contribution in [2.75, 3.05) is 31.1 Å². The van der Waals surface area contributed by atoms with E-state index in [2.05, 4.69) is 28.9 Å². The second-order valence-electron chi connectivity index (χ2n) is 7.97. The van der Waals surface area contributed by atoms with Gasteiger partial charge in [0.25, 0.3) is 5.91 Å². The number of carbonyl (C=O) groups is 1. The van der Waals surface area contributed by atoms with Crippen LogP contribution in [0.4, 0.5) is 0 Å². The van der Waals surface area contributed by atoms with Gasteiger partial charge in [0.2, 0.25) is 0 Å². The van der Waals surface area contributed by atoms with E-state index in [0.717, 1.165) is 19.0 Å². The van der Waals surface area contributed by atoms with Gasteiger partial charge in [0.05, 0.1) is 10.6 Å². The minimum atomic E-state index is -0.153. The predicted octanol–water partition coefficient (Wildman–Crippen LogP) is 4.55. The summed E-state index contributed by atoms with van der Waals surface area (Å²) in [7, 11) is 0. The molecule has 0 aromatic heterocycles. The first-order valence-corrected chi connectivity index (χ1v) is 11.7. The molecule has 2 fully saturated rings. The van der Waals surface area contributed by atoms with Crippen molar-refractivity contribution in [1.29, 1.82) is 0 Å². The SMILES string of the molecule is CCCSCC1CC(CNC(=O)c2ccc(O)cc2Cl)(N2CCCCC2)C1. The zero-order valence-electron chi connectivity index (χ0n) is 16.2. The first kappa shape index (κ1) is 20.8. The van der Waals surface area contributed by atoms with Crippen LogP contribution in [0.2, 0.25) is 5.02 Å². The third kappa shape index (κ3) is 5.12. The smallest absolute Gasteiger partial charge is 0.252 e. The number of hydrogen-bond acceptors (Lipinski definition) is 4. The van der Waals surface area contributed by atoms with Crippen LogP contribution in [0.3, 0.4) is 0 Å². The fourth-order valence-corrected chi connectivity index (χ4v) is 5.72. The number of benzene rings is 1. The maximum Gasteiger partial charge on any atom is 0.252 e. The number of nitrogens with zero attached hydrogens (tertiary/aromatic N) is 1. The fraction of sp³-hybridized carbons (Fsp3) is 0.667. The Balaban J connectivity index is 1.61. The number of nitrogens with one attached hydrogen (secondary N) is 1. The monoisotopic (exact) mass is 410 g/mol. The van der Waals surface area contributed by atoms with E-state index in [1.165, 1.54) is 62.2 Å². The summed E-state index contributed by atoms with van der Waals surface area (Å²) < 4.78 is 0. The number of carbonyl (C=O) groups excluding carboxylic acids is 1. The van der Waals surface area contributed by atoms with Gasteiger partial charge in [-0.2, -0.15) is 11.8 Å². The molecule has 1 aromatic rings. The van der Waals surface area contributed by atoms with E-state index in [1.54, 1.807) is 6.07 Å². The van der Waals surface area contributed by atoms with Gasteiger partial charge in [0.1, 0.15) is 5.75 Å². The lowest BCUT2D eigenvalue weighted by Gasteiger charge is -2.55. The van der Waals surface area contributed by atoms with Crippen LogP contribution in [0.15, 0.2) is 18.2 Å². The average molecular weight is 411 g/mol. The van der Waals surface area contributed by atoms with Gasteiger partial charge in [-0.3, -0.25) is 9.69 Å². The first-order chi connectivity index (χ1) is 13.0. The lowest BCUT2D eigenvalue weighted by molar-refractivity contribution is -0.0272. The molecule has 1 aliphatic carbocycles. The number of phenols is 1. The Bertz CT molecular complexity index is 643. The number of amides is 1. The summed E-state index contributed by atoms with van der Waals surface area (Å²) in [4.78, 5) is 15.3. The van der Waals surface area contributed by atoms with Gasteiger partial charge in [-0.1, -0.05) is 24.9 Å². The van der Waals surface area contributed by atoms with Crippen molar-refractivity contribution in [3.05, 3.63) is 28.8 Å². The molecule has 1 saturated carbocycles. The summed E-state index contributed by atoms with van der Waals surface area (Å²) in [6.07, 6.45) is 7.42. The number of phenolic OH excluding ortho intramolecular Hbond substituents is 1. The zero-order chi connectivity index (χ0) is 19.3. The molecular formula is C21H31ClN2O2S. The van der Waals surface area contributed by atoms with E-state index in [0.29, 0.717) is 17.1 Å². The van der Waals surface area contributed by atoms with Crippen molar-refractivity contribution < 1.29 is 9.90 Å². The highest BCUT2D eigenvalue weighted by molar-refractivity contribution is 7.99. The van der Waals surface area contributed by atoms with Crippen LogP contribution in [0.25, 0.3) is 0 Å². The summed E-state index contributed by atoms with van der Waals surface area (Å²) in [6.45, 7) is 5.20. The van der Waals surface area contributed by atoms with Crippen LogP contribution >= 0.6 is 23.4 Å². The number of rotatable bonds is 8. The molecule has 27 heavy (non-hydrogen) atoms. The van der Waals surface area contributed by atoms with Crippen molar-refractivity contribution in [2.45, 2.75) is 51.0 Å². The molecule has 6 heteroatoms. The summed E-state index contributed by atoms with van der Waals surface area (Å²) in [5.41, 5.74) is 0.536. The summed E-state index contributed by atoms with van der Waals surface area (Å²) in [5, 5.41) is 12.9. The molecule has 1 amide bonds. The van der Waals surface area contributed by atoms with Gasteiger partial charge in [0.15, 0.2) is 0 Å². The van der Waals surface area contributed by atoms with Crippen LogP contribution in [0.5, 0.6) is 5.75 Å². The van der Waals surface area contributed by atoms with Crippen molar-refractivity contribution >= 4 is 29.3 Å². The molecule has 0 unspecified atom stereocenters. The van der Waals surface area contributed by atoms with E-state index in [-0.39, 0.29) is 17.2 Å². The maximum atomic E-state index is 12.6. The molecule has 1 aromatic carbocycles. The third-order valence-electron chi connectivity index (χ3n) is 5.84. The van der Waals surface area contributed by atoms with E-state index >= 15 is 0 Å². The van der Waals surface area contributed by atoms with Crippen molar-refractivity contribution in [3.8, 4) is 5.75 Å². The van der Waals surface area contributed by atoms with Gasteiger partial charge in [0, 0.05) is 12.1 Å². The average Bonchev–Trinajstić information content (AvgIpc) is 2.63. The lowest BCUT2D eigenvalue weighted by Crippen LogP contribution is -2.64. The molecular weight excluding hydrogens is 380 g/mol. The largest absolute Gasteiger partial charge is 0.508 e. The molecule has 0 atom stereocenters. The van der Waals surface area contributed by atoms with Gasteiger partial charge in [-0.15, -0.1) is 0 Å². The summed E-state index contributed by atoms with van der Waals surface area (Å²) in [6, 6.07) is 4.51. The molecule has 0 spiro atoms. The number of aromatic hydroxyl groups is 1. The molecule has 0 radical (unpaired) electrons. The number of likely N-dealkylation sites (tertiary alicyclic amines) is 1. The quantitative estimate of drug-likeness (QED) is 0.617. The van der Waals surface area contributed by atoms with Crippen LogP contribution in [-0.4, -0.2) is 52.6 Å². The topological polar surface area (TPSA) is 52.6 Å². The second kappa shape index (κ2) is 9.53. The van der Waals surface area contributed by atoms with Crippen molar-refractivity contribution in [2.24, 2.45) is 5.92 Å². The molecule has 3 rings (SSSR count). The Hall–Kier alpha value is -0.910. The highest BCUT2D eigenvalue weighted by Crippen LogP contribution is 2.44. The minimum absolute atomic E-state index is 0.0766.